The Hall–Kier alpha value is -0.650. The Morgan fingerprint density at radius 2 is 2.07 bits per heavy atom. The molecule has 0 heterocycles. The van der Waals surface area contributed by atoms with Crippen molar-refractivity contribution in [1.29, 1.82) is 0 Å². The van der Waals surface area contributed by atoms with Crippen LogP contribution in [0.4, 0.5) is 0 Å². The molecule has 0 aliphatic heterocycles. The number of hydroxylamine groups is 1. The van der Waals surface area contributed by atoms with Crippen LogP contribution in [-0.2, 0) is 14.4 Å². The third-order valence-corrected chi connectivity index (χ3v) is 2.56. The number of esters is 1. The maximum atomic E-state index is 11.3. The quantitative estimate of drug-likeness (QED) is 0.505. The molecule has 1 unspecified atom stereocenters. The maximum Gasteiger partial charge on any atom is 0.310 e. The number of nitrogens with one attached hydrogen (secondary N) is 1. The van der Waals surface area contributed by atoms with E-state index in [0.29, 0.717) is 6.61 Å². The van der Waals surface area contributed by atoms with Gasteiger partial charge in [-0.25, -0.2) is 0 Å². The second-order valence-electron chi connectivity index (χ2n) is 4.03. The zero-order valence-electron chi connectivity index (χ0n) is 10.2. The van der Waals surface area contributed by atoms with E-state index in [1.165, 1.54) is 7.11 Å². The summed E-state index contributed by atoms with van der Waals surface area (Å²) in [6.45, 7) is 7.71. The van der Waals surface area contributed by atoms with Crippen molar-refractivity contribution in [3.05, 3.63) is 5.84 Å². The van der Waals surface area contributed by atoms with Gasteiger partial charge < -0.3 is 15.4 Å². The Balaban J connectivity index is 4.43. The first-order valence-corrected chi connectivity index (χ1v) is 5.10. The summed E-state index contributed by atoms with van der Waals surface area (Å²) in [7, 11) is 1.34. The fourth-order valence-electron chi connectivity index (χ4n) is 0.990. The Bertz CT molecular complexity index is 207. The summed E-state index contributed by atoms with van der Waals surface area (Å²) in [6, 6.07) is 0. The largest absolute Gasteiger partial charge is 0.584 e. The van der Waals surface area contributed by atoms with Crippen molar-refractivity contribution in [1.82, 2.24) is 5.17 Å². The second kappa shape index (κ2) is 6.05. The number of ether oxygens (including phenoxy) is 1. The molecule has 0 aromatic heterocycles. The van der Waals surface area contributed by atoms with E-state index in [1.54, 1.807) is 20.8 Å². The summed E-state index contributed by atoms with van der Waals surface area (Å²) >= 11 is 0. The molecule has 0 fully saturated rings. The molecular weight excluding hydrogens is 196 g/mol. The van der Waals surface area contributed by atoms with Gasteiger partial charge in [0.2, 0.25) is 0 Å². The highest BCUT2D eigenvalue weighted by Crippen LogP contribution is 2.25. The number of hydrogen-bond donors (Lipinski definition) is 0. The van der Waals surface area contributed by atoms with Gasteiger partial charge in [0.05, 0.1) is 19.6 Å². The average molecular weight is 217 g/mol. The van der Waals surface area contributed by atoms with Crippen LogP contribution in [-0.4, -0.2) is 30.4 Å². The molecule has 15 heavy (non-hydrogen) atoms. The van der Waals surface area contributed by atoms with Crippen LogP contribution >= 0.6 is 0 Å². The van der Waals surface area contributed by atoms with Gasteiger partial charge >= 0.3 is 5.97 Å². The van der Waals surface area contributed by atoms with Crippen molar-refractivity contribution in [2.45, 2.75) is 39.7 Å². The Morgan fingerprint density at radius 1 is 1.53 bits per heavy atom. The summed E-state index contributed by atoms with van der Waals surface area (Å²) in [5.74, 6) is 6.92. The molecule has 5 heteroatoms. The van der Waals surface area contributed by atoms with E-state index < -0.39 is 11.5 Å². The number of carbonyl (C=O) groups excluding carboxylic acids is 1. The number of nitrogens with zero attached hydrogens (tertiary/aromatic N) is 1. The lowest BCUT2D eigenvalue weighted by Gasteiger charge is -2.44. The molecule has 0 aromatic carbocycles. The molecule has 1 atom stereocenters. The number of rotatable bonds is 6. The lowest BCUT2D eigenvalue weighted by Crippen LogP contribution is -2.47. The predicted molar refractivity (Wildman–Crippen MR) is 57.7 cm³/mol. The van der Waals surface area contributed by atoms with Gasteiger partial charge in [0, 0.05) is 5.54 Å². The molecule has 5 nitrogen and oxygen atoms in total. The highest BCUT2D eigenvalue weighted by Gasteiger charge is 2.33. The molecule has 90 valence electrons. The lowest BCUT2D eigenvalue weighted by atomic mass is 9.89. The van der Waals surface area contributed by atoms with Gasteiger partial charge in [-0.05, 0) is 20.3 Å². The fourth-order valence-corrected chi connectivity index (χ4v) is 0.990. The number of hydrogen-bond acceptors (Lipinski definition) is 4. The lowest BCUT2D eigenvalue weighted by molar-refractivity contribution is -0.198. The number of carbonyl (C=O) groups is 1. The maximum absolute atomic E-state index is 11.3. The van der Waals surface area contributed by atoms with Crippen LogP contribution in [0.2, 0.25) is 0 Å². The molecule has 0 aliphatic rings. The van der Waals surface area contributed by atoms with Gasteiger partial charge in [-0.2, -0.15) is 0 Å². The minimum absolute atomic E-state index is 0.336. The first-order chi connectivity index (χ1) is 6.87. The van der Waals surface area contributed by atoms with E-state index in [2.05, 4.69) is 4.74 Å². The van der Waals surface area contributed by atoms with E-state index in [1.807, 2.05) is 6.92 Å². The van der Waals surface area contributed by atoms with E-state index in [9.17, 15) is 4.79 Å². The SMILES string of the molecule is CCCON([NH-])C(C)(C)C(C)C(=O)OC. The van der Waals surface area contributed by atoms with Crippen molar-refractivity contribution in [2.24, 2.45) is 5.92 Å². The van der Waals surface area contributed by atoms with E-state index in [0.717, 1.165) is 11.6 Å². The molecule has 0 bridgehead atoms. The van der Waals surface area contributed by atoms with Crippen LogP contribution < -0.4 is 0 Å². The molecule has 1 N–H and O–H groups in total. The van der Waals surface area contributed by atoms with Crippen LogP contribution in [0.5, 0.6) is 0 Å². The fraction of sp³-hybridized carbons (Fsp3) is 0.900. The highest BCUT2D eigenvalue weighted by molar-refractivity contribution is 5.73. The summed E-state index contributed by atoms with van der Waals surface area (Å²) in [5, 5.41) is 0.984. The summed E-state index contributed by atoms with van der Waals surface area (Å²) in [4.78, 5) is 16.5. The van der Waals surface area contributed by atoms with Crippen molar-refractivity contribution >= 4 is 5.97 Å². The van der Waals surface area contributed by atoms with Gasteiger partial charge in [0.1, 0.15) is 0 Å². The molecule has 0 amide bonds. The predicted octanol–water partition coefficient (Wildman–Crippen LogP) is 2.18. The highest BCUT2D eigenvalue weighted by atomic mass is 16.7. The average Bonchev–Trinajstić information content (AvgIpc) is 2.23. The van der Waals surface area contributed by atoms with Gasteiger partial charge in [-0.15, -0.1) is 0 Å². The second-order valence-corrected chi connectivity index (χ2v) is 4.03. The zero-order chi connectivity index (χ0) is 12.1. The van der Waals surface area contributed by atoms with Gasteiger partial charge in [-0.3, -0.25) is 9.97 Å². The molecule has 0 spiro atoms. The molecule has 0 aromatic rings. The Labute approximate surface area is 91.4 Å². The minimum atomic E-state index is -0.706. The van der Waals surface area contributed by atoms with Crippen molar-refractivity contribution in [3.63, 3.8) is 0 Å². The Kier molecular flexibility index (Phi) is 5.79. The number of methoxy groups -OCH3 is 1. The van der Waals surface area contributed by atoms with Gasteiger partial charge in [-0.1, -0.05) is 13.8 Å². The van der Waals surface area contributed by atoms with Crippen LogP contribution in [0.3, 0.4) is 0 Å². The van der Waals surface area contributed by atoms with Crippen molar-refractivity contribution in [3.8, 4) is 0 Å². The summed E-state index contributed by atoms with van der Waals surface area (Å²) < 4.78 is 4.65. The zero-order valence-corrected chi connectivity index (χ0v) is 10.2. The van der Waals surface area contributed by atoms with Crippen LogP contribution in [0.1, 0.15) is 34.1 Å². The van der Waals surface area contributed by atoms with E-state index >= 15 is 0 Å². The van der Waals surface area contributed by atoms with Crippen molar-refractivity contribution in [2.75, 3.05) is 13.7 Å². The van der Waals surface area contributed by atoms with Crippen LogP contribution in [0, 0.1) is 5.92 Å². The summed E-state index contributed by atoms with van der Waals surface area (Å²) in [5.41, 5.74) is -0.706. The molecule has 0 radical (unpaired) electrons. The molecule has 0 saturated heterocycles. The van der Waals surface area contributed by atoms with Crippen LogP contribution in [0.15, 0.2) is 0 Å². The summed E-state index contributed by atoms with van der Waals surface area (Å²) in [6.07, 6.45) is 0.831. The third kappa shape index (κ3) is 3.77. The first kappa shape index (κ1) is 14.3. The first-order valence-electron chi connectivity index (χ1n) is 5.10. The van der Waals surface area contributed by atoms with E-state index in [4.69, 9.17) is 10.7 Å². The third-order valence-electron chi connectivity index (χ3n) is 2.56. The molecular formula is C10H21N2O3-. The molecule has 0 saturated carbocycles. The smallest absolute Gasteiger partial charge is 0.310 e. The van der Waals surface area contributed by atoms with Crippen molar-refractivity contribution < 1.29 is 14.4 Å². The van der Waals surface area contributed by atoms with E-state index in [-0.39, 0.29) is 5.97 Å². The van der Waals surface area contributed by atoms with Crippen LogP contribution in [0.25, 0.3) is 5.84 Å². The standard InChI is InChI=1S/C10H21N2O3/c1-6-7-15-12(11)10(3,4)8(2)9(13)14-5/h8,11H,6-7H2,1-5H3/q-1. The molecule has 0 aliphatic carbocycles. The van der Waals surface area contributed by atoms with Gasteiger partial charge in [0.25, 0.3) is 0 Å². The molecule has 0 rings (SSSR count). The minimum Gasteiger partial charge on any atom is -0.584 e. The topological polar surface area (TPSA) is 62.6 Å². The monoisotopic (exact) mass is 217 g/mol. The normalized spacial score (nSPS) is 14.1. The van der Waals surface area contributed by atoms with Gasteiger partial charge in [0.15, 0.2) is 0 Å². The Morgan fingerprint density at radius 3 is 2.47 bits per heavy atom.